The lowest BCUT2D eigenvalue weighted by Gasteiger charge is -2.14. The number of aromatic amines is 1. The zero-order valence-corrected chi connectivity index (χ0v) is 15.0. The Kier molecular flexibility index (Phi) is 4.16. The second-order valence-electron chi connectivity index (χ2n) is 6.26. The summed E-state index contributed by atoms with van der Waals surface area (Å²) in [7, 11) is 3.23. The maximum absolute atomic E-state index is 12.3. The van der Waals surface area contributed by atoms with Crippen LogP contribution in [-0.4, -0.2) is 30.1 Å². The minimum Gasteiger partial charge on any atom is -0.497 e. The van der Waals surface area contributed by atoms with E-state index in [1.54, 1.807) is 20.4 Å². The second-order valence-corrected chi connectivity index (χ2v) is 6.26. The molecule has 2 heterocycles. The van der Waals surface area contributed by atoms with E-state index >= 15 is 0 Å². The number of pyridine rings is 1. The molecular weight excluding hydrogens is 342 g/mol. The summed E-state index contributed by atoms with van der Waals surface area (Å²) in [4.78, 5) is 20.2. The average molecular weight is 361 g/mol. The molecule has 0 fully saturated rings. The number of methoxy groups -OCH3 is 2. The number of aromatic nitrogens is 2. The number of carbonyl (C=O) groups is 1. The number of rotatable bonds is 5. The summed E-state index contributed by atoms with van der Waals surface area (Å²) >= 11 is 0. The highest BCUT2D eigenvalue weighted by atomic mass is 16.5. The van der Waals surface area contributed by atoms with Crippen molar-refractivity contribution < 1.29 is 14.3 Å². The summed E-state index contributed by atoms with van der Waals surface area (Å²) in [6.07, 6.45) is 1.70. The molecule has 0 aliphatic carbocycles. The largest absolute Gasteiger partial charge is 0.497 e. The Morgan fingerprint density at radius 1 is 1.00 bits per heavy atom. The van der Waals surface area contributed by atoms with Crippen LogP contribution in [0.4, 0.5) is 0 Å². The zero-order chi connectivity index (χ0) is 19.0. The Morgan fingerprint density at radius 3 is 2.37 bits per heavy atom. The van der Waals surface area contributed by atoms with E-state index in [4.69, 9.17) is 15.2 Å². The highest BCUT2D eigenvalue weighted by Gasteiger charge is 2.25. The molecule has 6 heteroatoms. The molecule has 2 aromatic heterocycles. The molecule has 0 aliphatic heterocycles. The smallest absolute Gasteiger partial charge is 0.231 e. The van der Waals surface area contributed by atoms with Gasteiger partial charge < -0.3 is 20.2 Å². The summed E-state index contributed by atoms with van der Waals surface area (Å²) in [6, 6.07) is 15.0. The number of nitrogens with two attached hydrogens (primary N) is 1. The van der Waals surface area contributed by atoms with E-state index in [0.29, 0.717) is 11.4 Å². The lowest BCUT2D eigenvalue weighted by molar-refractivity contribution is -0.118. The fraction of sp³-hybridized carbons (Fsp3) is 0.143. The minimum absolute atomic E-state index is 0.462. The van der Waals surface area contributed by atoms with Crippen LogP contribution < -0.4 is 15.2 Å². The maximum Gasteiger partial charge on any atom is 0.231 e. The molecule has 1 amide bonds. The predicted molar refractivity (Wildman–Crippen MR) is 104 cm³/mol. The van der Waals surface area contributed by atoms with E-state index in [2.05, 4.69) is 9.97 Å². The average Bonchev–Trinajstić information content (AvgIpc) is 3.07. The van der Waals surface area contributed by atoms with Gasteiger partial charge in [-0.2, -0.15) is 0 Å². The predicted octanol–water partition coefficient (Wildman–Crippen LogP) is 3.35. The third kappa shape index (κ3) is 2.85. The molecule has 0 bridgehead atoms. The molecule has 4 aromatic rings. The first kappa shape index (κ1) is 16.9. The monoisotopic (exact) mass is 361 g/mol. The minimum atomic E-state index is -0.672. The van der Waals surface area contributed by atoms with Gasteiger partial charge >= 0.3 is 0 Å². The molecule has 0 radical (unpaired) electrons. The number of carbonyl (C=O) groups excluding carboxylic acids is 1. The number of H-pyrrole nitrogens is 1. The van der Waals surface area contributed by atoms with Crippen LogP contribution in [0.5, 0.6) is 11.5 Å². The number of benzene rings is 2. The fourth-order valence-corrected chi connectivity index (χ4v) is 3.43. The summed E-state index contributed by atoms with van der Waals surface area (Å²) in [5.41, 5.74) is 8.82. The number of amides is 1. The summed E-state index contributed by atoms with van der Waals surface area (Å²) in [5, 5.41) is 2.02. The van der Waals surface area contributed by atoms with Gasteiger partial charge in [-0.25, -0.2) is 0 Å². The van der Waals surface area contributed by atoms with Crippen LogP contribution in [0.3, 0.4) is 0 Å². The summed E-state index contributed by atoms with van der Waals surface area (Å²) < 4.78 is 10.5. The van der Waals surface area contributed by atoms with Gasteiger partial charge in [-0.1, -0.05) is 12.1 Å². The van der Waals surface area contributed by atoms with Crippen molar-refractivity contribution in [3.63, 3.8) is 0 Å². The Bertz CT molecular complexity index is 1130. The van der Waals surface area contributed by atoms with Gasteiger partial charge in [0.25, 0.3) is 0 Å². The molecular formula is C21H19N3O3. The van der Waals surface area contributed by atoms with Crippen molar-refractivity contribution in [2.75, 3.05) is 14.2 Å². The number of hydrogen-bond donors (Lipinski definition) is 2. The van der Waals surface area contributed by atoms with E-state index in [1.807, 2.05) is 48.5 Å². The number of fused-ring (bicyclic) bond motifs is 3. The van der Waals surface area contributed by atoms with Crippen molar-refractivity contribution in [1.82, 2.24) is 9.97 Å². The van der Waals surface area contributed by atoms with E-state index in [0.717, 1.165) is 33.1 Å². The molecule has 2 aromatic carbocycles. The Morgan fingerprint density at radius 2 is 1.70 bits per heavy atom. The van der Waals surface area contributed by atoms with Crippen molar-refractivity contribution in [2.45, 2.75) is 5.92 Å². The maximum atomic E-state index is 12.3. The highest BCUT2D eigenvalue weighted by molar-refractivity contribution is 6.09. The first-order valence-electron chi connectivity index (χ1n) is 8.50. The molecule has 1 unspecified atom stereocenters. The fourth-order valence-electron chi connectivity index (χ4n) is 3.43. The van der Waals surface area contributed by atoms with Crippen molar-refractivity contribution in [3.05, 3.63) is 66.0 Å². The van der Waals surface area contributed by atoms with Crippen LogP contribution in [0.1, 0.15) is 17.2 Å². The van der Waals surface area contributed by atoms with Crippen LogP contribution in [0.25, 0.3) is 21.8 Å². The summed E-state index contributed by atoms with van der Waals surface area (Å²) in [5.74, 6) is 0.335. The third-order valence-electron chi connectivity index (χ3n) is 4.76. The van der Waals surface area contributed by atoms with Crippen LogP contribution >= 0.6 is 0 Å². The lowest BCUT2D eigenvalue weighted by Crippen LogP contribution is -2.23. The van der Waals surface area contributed by atoms with Gasteiger partial charge in [0.15, 0.2) is 0 Å². The lowest BCUT2D eigenvalue weighted by atomic mass is 9.93. The van der Waals surface area contributed by atoms with E-state index < -0.39 is 11.8 Å². The van der Waals surface area contributed by atoms with Crippen LogP contribution in [0.15, 0.2) is 54.7 Å². The topological polar surface area (TPSA) is 90.2 Å². The van der Waals surface area contributed by atoms with Crippen LogP contribution in [0.2, 0.25) is 0 Å². The Labute approximate surface area is 155 Å². The first-order valence-corrected chi connectivity index (χ1v) is 8.50. The molecule has 0 saturated carbocycles. The Balaban J connectivity index is 1.92. The molecule has 6 nitrogen and oxygen atoms in total. The summed E-state index contributed by atoms with van der Waals surface area (Å²) in [6.45, 7) is 0. The molecule has 0 saturated heterocycles. The van der Waals surface area contributed by atoms with Gasteiger partial charge in [-0.15, -0.1) is 0 Å². The van der Waals surface area contributed by atoms with Crippen molar-refractivity contribution in [2.24, 2.45) is 5.73 Å². The van der Waals surface area contributed by atoms with Crippen molar-refractivity contribution in [3.8, 4) is 11.5 Å². The normalized spacial score (nSPS) is 12.2. The molecule has 4 rings (SSSR count). The van der Waals surface area contributed by atoms with Gasteiger partial charge in [0.1, 0.15) is 17.4 Å². The number of ether oxygens (including phenoxy) is 2. The third-order valence-corrected chi connectivity index (χ3v) is 4.76. The van der Waals surface area contributed by atoms with E-state index in [9.17, 15) is 4.79 Å². The highest BCUT2D eigenvalue weighted by Crippen LogP contribution is 2.34. The Hall–Kier alpha value is -3.54. The number of hydrogen-bond acceptors (Lipinski definition) is 4. The van der Waals surface area contributed by atoms with Crippen LogP contribution in [0, 0.1) is 0 Å². The van der Waals surface area contributed by atoms with Crippen molar-refractivity contribution >= 4 is 27.7 Å². The van der Waals surface area contributed by atoms with Crippen molar-refractivity contribution in [1.29, 1.82) is 0 Å². The molecule has 1 atom stereocenters. The van der Waals surface area contributed by atoms with E-state index in [-0.39, 0.29) is 0 Å². The van der Waals surface area contributed by atoms with E-state index in [1.165, 1.54) is 0 Å². The van der Waals surface area contributed by atoms with Gasteiger partial charge in [0.2, 0.25) is 5.91 Å². The molecule has 0 aliphatic rings. The number of primary amides is 1. The molecule has 3 N–H and O–H groups in total. The molecule has 27 heavy (non-hydrogen) atoms. The molecule has 136 valence electrons. The van der Waals surface area contributed by atoms with Gasteiger partial charge in [0.05, 0.1) is 30.9 Å². The number of nitrogens with zero attached hydrogens (tertiary/aromatic N) is 1. The van der Waals surface area contributed by atoms with Gasteiger partial charge in [-0.3, -0.25) is 9.78 Å². The SMILES string of the molecule is COc1ccc(C(C(N)=O)c2nccc3c2[nH]c2cc(OC)ccc23)cc1. The standard InChI is InChI=1S/C21H19N3O3/c1-26-13-5-3-12(4-6-13)18(21(22)25)20-19-16(9-10-23-20)15-8-7-14(27-2)11-17(15)24-19/h3-11,18,24H,1-2H3,(H2,22,25). The number of nitrogens with one attached hydrogen (secondary N) is 1. The quantitative estimate of drug-likeness (QED) is 0.570. The second kappa shape index (κ2) is 6.64. The van der Waals surface area contributed by atoms with Gasteiger partial charge in [-0.05, 0) is 35.9 Å². The van der Waals surface area contributed by atoms with Crippen LogP contribution in [-0.2, 0) is 4.79 Å². The first-order chi connectivity index (χ1) is 13.1. The molecule has 0 spiro atoms. The van der Waals surface area contributed by atoms with Gasteiger partial charge in [0, 0.05) is 23.0 Å². The zero-order valence-electron chi connectivity index (χ0n) is 15.0.